The van der Waals surface area contributed by atoms with E-state index in [1.807, 2.05) is 23.9 Å². The van der Waals surface area contributed by atoms with Gasteiger partial charge in [0.2, 0.25) is 11.8 Å². The Labute approximate surface area is 239 Å². The molecule has 0 aromatic carbocycles. The van der Waals surface area contributed by atoms with Crippen LogP contribution in [0.3, 0.4) is 0 Å². The number of carbonyl (C=O) groups excluding carboxylic acids is 2. The minimum Gasteiger partial charge on any atom is -0.379 e. The highest BCUT2D eigenvalue weighted by atomic mass is 19.4. The Bertz CT molecular complexity index is 1120. The van der Waals surface area contributed by atoms with E-state index in [0.29, 0.717) is 63.4 Å². The lowest BCUT2D eigenvalue weighted by Gasteiger charge is -2.37. The monoisotopic (exact) mass is 581 g/mol. The van der Waals surface area contributed by atoms with Crippen molar-refractivity contribution in [1.29, 1.82) is 0 Å². The number of amides is 2. The average molecular weight is 582 g/mol. The number of alkyl halides is 3. The normalized spacial score (nSPS) is 30.0. The highest BCUT2D eigenvalue weighted by Gasteiger charge is 2.59. The Morgan fingerprint density at radius 2 is 2.10 bits per heavy atom. The van der Waals surface area contributed by atoms with E-state index >= 15 is 0 Å². The lowest BCUT2D eigenvalue weighted by atomic mass is 9.78. The molecule has 5 unspecified atom stereocenters. The van der Waals surface area contributed by atoms with Gasteiger partial charge in [-0.1, -0.05) is 0 Å². The summed E-state index contributed by atoms with van der Waals surface area (Å²) in [6.07, 6.45) is 0.0427. The van der Waals surface area contributed by atoms with Crippen LogP contribution in [-0.2, 0) is 38.2 Å². The zero-order chi connectivity index (χ0) is 29.4. The second-order valence-corrected chi connectivity index (χ2v) is 12.4. The fourth-order valence-electron chi connectivity index (χ4n) is 7.23. The van der Waals surface area contributed by atoms with Gasteiger partial charge in [0, 0.05) is 76.7 Å². The number of carbonyl (C=O) groups is 2. The van der Waals surface area contributed by atoms with Crippen molar-refractivity contribution < 1.29 is 32.2 Å². The molecular weight excluding hydrogens is 539 g/mol. The molecule has 4 aliphatic rings. The third-order valence-corrected chi connectivity index (χ3v) is 9.36. The second-order valence-electron chi connectivity index (χ2n) is 12.4. The number of aromatic nitrogens is 1. The standard InChI is InChI=1S/C29H42F3N5O4/c1-35(2)8-4-5-26(38)37-16-21-12-22(34-24-7-10-41-17-25(24)40-3)13-28(21,18-37)27(39)36-9-6-23-19(15-36)11-20(14-33-23)29(30,31)32/h11,14,21-22,24-25,34H,4-10,12-13,15-18H2,1-3H3. The van der Waals surface area contributed by atoms with Crippen LogP contribution in [0, 0.1) is 11.3 Å². The number of halogens is 3. The van der Waals surface area contributed by atoms with E-state index in [1.54, 1.807) is 12.0 Å². The van der Waals surface area contributed by atoms with Crippen LogP contribution in [0.5, 0.6) is 0 Å². The number of rotatable bonds is 8. The zero-order valence-electron chi connectivity index (χ0n) is 24.2. The van der Waals surface area contributed by atoms with Gasteiger partial charge in [-0.15, -0.1) is 0 Å². The van der Waals surface area contributed by atoms with E-state index in [9.17, 15) is 22.8 Å². The Morgan fingerprint density at radius 1 is 1.29 bits per heavy atom. The molecule has 5 atom stereocenters. The Morgan fingerprint density at radius 3 is 2.83 bits per heavy atom. The van der Waals surface area contributed by atoms with E-state index in [2.05, 4.69) is 10.3 Å². The summed E-state index contributed by atoms with van der Waals surface area (Å²) in [5.74, 6) is -0.0225. The summed E-state index contributed by atoms with van der Waals surface area (Å²) in [6.45, 7) is 3.35. The van der Waals surface area contributed by atoms with Crippen LogP contribution in [0.4, 0.5) is 13.2 Å². The molecule has 4 heterocycles. The first-order chi connectivity index (χ1) is 19.5. The Balaban J connectivity index is 1.35. The van der Waals surface area contributed by atoms with Crippen molar-refractivity contribution in [3.05, 3.63) is 29.1 Å². The molecule has 0 radical (unpaired) electrons. The van der Waals surface area contributed by atoms with Gasteiger partial charge in [0.15, 0.2) is 0 Å². The first-order valence-corrected chi connectivity index (χ1v) is 14.6. The molecule has 1 saturated carbocycles. The van der Waals surface area contributed by atoms with Crippen LogP contribution >= 0.6 is 0 Å². The maximum Gasteiger partial charge on any atom is 0.417 e. The minimum atomic E-state index is -4.49. The molecule has 2 saturated heterocycles. The summed E-state index contributed by atoms with van der Waals surface area (Å²) < 4.78 is 51.4. The summed E-state index contributed by atoms with van der Waals surface area (Å²) in [5, 5.41) is 3.74. The lowest BCUT2D eigenvalue weighted by molar-refractivity contribution is -0.144. The molecule has 1 aromatic rings. The van der Waals surface area contributed by atoms with E-state index in [-0.39, 0.29) is 42.5 Å². The highest BCUT2D eigenvalue weighted by molar-refractivity contribution is 5.86. The third kappa shape index (κ3) is 6.40. The summed E-state index contributed by atoms with van der Waals surface area (Å²) in [4.78, 5) is 37.2. The number of hydrogen-bond donors (Lipinski definition) is 1. The largest absolute Gasteiger partial charge is 0.417 e. The number of methoxy groups -OCH3 is 1. The fraction of sp³-hybridized carbons (Fsp3) is 0.759. The zero-order valence-corrected chi connectivity index (χ0v) is 24.2. The summed E-state index contributed by atoms with van der Waals surface area (Å²) in [6, 6.07) is 1.31. The average Bonchev–Trinajstić information content (AvgIpc) is 3.46. The number of fused-ring (bicyclic) bond motifs is 2. The lowest BCUT2D eigenvalue weighted by Crippen LogP contribution is -2.52. The molecule has 12 heteroatoms. The van der Waals surface area contributed by atoms with Gasteiger partial charge in [-0.2, -0.15) is 13.2 Å². The van der Waals surface area contributed by atoms with Crippen molar-refractivity contribution in [1.82, 2.24) is 25.0 Å². The van der Waals surface area contributed by atoms with Crippen molar-refractivity contribution in [3.63, 3.8) is 0 Å². The molecule has 1 N–H and O–H groups in total. The first-order valence-electron chi connectivity index (χ1n) is 14.6. The SMILES string of the molecule is COC1COCCC1NC1CC2CN(C(=O)CCCN(C)C)CC2(C(=O)N2CCc3ncc(C(F)(F)F)cc3C2)C1. The van der Waals surface area contributed by atoms with Crippen molar-refractivity contribution in [2.24, 2.45) is 11.3 Å². The van der Waals surface area contributed by atoms with Gasteiger partial charge in [0.25, 0.3) is 0 Å². The topological polar surface area (TPSA) is 87.2 Å². The molecule has 9 nitrogen and oxygen atoms in total. The Kier molecular flexibility index (Phi) is 8.94. The van der Waals surface area contributed by atoms with Crippen molar-refractivity contribution >= 4 is 11.8 Å². The van der Waals surface area contributed by atoms with Crippen LogP contribution in [0.25, 0.3) is 0 Å². The molecule has 2 amide bonds. The van der Waals surface area contributed by atoms with Gasteiger partial charge < -0.3 is 29.5 Å². The van der Waals surface area contributed by atoms with Gasteiger partial charge in [0.05, 0.1) is 23.7 Å². The summed E-state index contributed by atoms with van der Waals surface area (Å²) in [5.41, 5.74) is -0.516. The maximum atomic E-state index is 14.4. The third-order valence-electron chi connectivity index (χ3n) is 9.36. The molecule has 0 spiro atoms. The summed E-state index contributed by atoms with van der Waals surface area (Å²) >= 11 is 0. The van der Waals surface area contributed by atoms with E-state index < -0.39 is 17.2 Å². The molecule has 3 fully saturated rings. The van der Waals surface area contributed by atoms with Crippen LogP contribution in [-0.4, -0.2) is 110 Å². The molecular formula is C29H42F3N5O4. The second kappa shape index (κ2) is 12.1. The molecule has 1 aliphatic carbocycles. The van der Waals surface area contributed by atoms with Crippen molar-refractivity contribution in [2.45, 2.75) is 69.4 Å². The molecule has 5 rings (SSSR count). The maximum absolute atomic E-state index is 14.4. The van der Waals surface area contributed by atoms with E-state index in [0.717, 1.165) is 38.1 Å². The van der Waals surface area contributed by atoms with Crippen LogP contribution in [0.1, 0.15) is 48.9 Å². The number of nitrogens with one attached hydrogen (secondary N) is 1. The van der Waals surface area contributed by atoms with Gasteiger partial charge in [-0.05, 0) is 63.9 Å². The number of nitrogens with zero attached hydrogens (tertiary/aromatic N) is 4. The number of likely N-dealkylation sites (tertiary alicyclic amines) is 1. The minimum absolute atomic E-state index is 0.0211. The molecule has 41 heavy (non-hydrogen) atoms. The Hall–Kier alpha value is -2.28. The van der Waals surface area contributed by atoms with Gasteiger partial charge >= 0.3 is 6.18 Å². The van der Waals surface area contributed by atoms with Crippen LogP contribution in [0.2, 0.25) is 0 Å². The first kappa shape index (κ1) is 30.2. The number of pyridine rings is 1. The predicted octanol–water partition coefficient (Wildman–Crippen LogP) is 2.33. The van der Waals surface area contributed by atoms with Crippen LogP contribution < -0.4 is 5.32 Å². The van der Waals surface area contributed by atoms with Gasteiger partial charge in [-0.25, -0.2) is 0 Å². The van der Waals surface area contributed by atoms with Gasteiger partial charge in [-0.3, -0.25) is 14.6 Å². The fourth-order valence-corrected chi connectivity index (χ4v) is 7.23. The van der Waals surface area contributed by atoms with Crippen molar-refractivity contribution in [2.75, 3.05) is 60.6 Å². The number of hydrogen-bond acceptors (Lipinski definition) is 7. The quantitative estimate of drug-likeness (QED) is 0.505. The van der Waals surface area contributed by atoms with E-state index in [1.165, 1.54) is 0 Å². The highest BCUT2D eigenvalue weighted by Crippen LogP contribution is 2.51. The summed E-state index contributed by atoms with van der Waals surface area (Å²) in [7, 11) is 5.62. The predicted molar refractivity (Wildman–Crippen MR) is 145 cm³/mol. The molecule has 0 bridgehead atoms. The molecule has 1 aromatic heterocycles. The molecule has 228 valence electrons. The van der Waals surface area contributed by atoms with E-state index in [4.69, 9.17) is 9.47 Å². The molecule has 3 aliphatic heterocycles. The van der Waals surface area contributed by atoms with Crippen LogP contribution in [0.15, 0.2) is 12.3 Å². The smallest absolute Gasteiger partial charge is 0.379 e. The van der Waals surface area contributed by atoms with Gasteiger partial charge in [0.1, 0.15) is 0 Å². The van der Waals surface area contributed by atoms with Crippen molar-refractivity contribution in [3.8, 4) is 0 Å². The number of ether oxygens (including phenoxy) is 2.